The average molecular weight is 235 g/mol. The highest BCUT2D eigenvalue weighted by molar-refractivity contribution is 5.96. The van der Waals surface area contributed by atoms with E-state index < -0.39 is 0 Å². The van der Waals surface area contributed by atoms with E-state index >= 15 is 0 Å². The van der Waals surface area contributed by atoms with Gasteiger partial charge in [0.1, 0.15) is 5.82 Å². The van der Waals surface area contributed by atoms with Crippen molar-refractivity contribution < 1.29 is 9.18 Å². The molecule has 1 aliphatic carbocycles. The highest BCUT2D eigenvalue weighted by atomic mass is 19.1. The number of aryl methyl sites for hydroxylation is 1. The van der Waals surface area contributed by atoms with Crippen molar-refractivity contribution in [2.45, 2.75) is 32.6 Å². The van der Waals surface area contributed by atoms with Crippen molar-refractivity contribution in [3.63, 3.8) is 0 Å². The van der Waals surface area contributed by atoms with Gasteiger partial charge >= 0.3 is 0 Å². The van der Waals surface area contributed by atoms with Crippen LogP contribution in [0.2, 0.25) is 0 Å². The van der Waals surface area contributed by atoms with E-state index in [0.29, 0.717) is 24.1 Å². The van der Waals surface area contributed by atoms with Crippen molar-refractivity contribution in [1.82, 2.24) is 0 Å². The SMILES string of the molecule is Cc1cc(C(=O)CC2(CN)CCC2)ccc1F. The van der Waals surface area contributed by atoms with Crippen molar-refractivity contribution in [1.29, 1.82) is 0 Å². The normalized spacial score (nSPS) is 17.6. The number of hydrogen-bond donors (Lipinski definition) is 1. The maximum atomic E-state index is 13.1. The molecule has 0 amide bonds. The second-order valence-corrected chi connectivity index (χ2v) is 5.12. The van der Waals surface area contributed by atoms with Crippen molar-refractivity contribution >= 4 is 5.78 Å². The summed E-state index contributed by atoms with van der Waals surface area (Å²) in [7, 11) is 0. The number of nitrogens with two attached hydrogens (primary N) is 1. The highest BCUT2D eigenvalue weighted by Gasteiger charge is 2.37. The molecule has 2 rings (SSSR count). The third-order valence-electron chi connectivity index (χ3n) is 3.86. The summed E-state index contributed by atoms with van der Waals surface area (Å²) in [5.74, 6) is -0.183. The van der Waals surface area contributed by atoms with E-state index in [2.05, 4.69) is 0 Å². The first-order valence-corrected chi connectivity index (χ1v) is 6.06. The molecule has 0 aromatic heterocycles. The minimum atomic E-state index is -0.265. The lowest BCUT2D eigenvalue weighted by Gasteiger charge is -2.40. The molecule has 1 saturated carbocycles. The number of hydrogen-bond acceptors (Lipinski definition) is 2. The molecule has 2 nitrogen and oxygen atoms in total. The summed E-state index contributed by atoms with van der Waals surface area (Å²) in [5.41, 5.74) is 6.87. The third-order valence-corrected chi connectivity index (χ3v) is 3.86. The summed E-state index contributed by atoms with van der Waals surface area (Å²) >= 11 is 0. The van der Waals surface area contributed by atoms with E-state index in [-0.39, 0.29) is 17.0 Å². The van der Waals surface area contributed by atoms with Crippen LogP contribution in [0.4, 0.5) is 4.39 Å². The average Bonchev–Trinajstić information content (AvgIpc) is 2.27. The molecule has 0 bridgehead atoms. The Labute approximate surface area is 101 Å². The topological polar surface area (TPSA) is 43.1 Å². The Balaban J connectivity index is 2.11. The molecule has 17 heavy (non-hydrogen) atoms. The molecule has 2 N–H and O–H groups in total. The van der Waals surface area contributed by atoms with Crippen LogP contribution in [0, 0.1) is 18.2 Å². The summed E-state index contributed by atoms with van der Waals surface area (Å²) in [6.45, 7) is 2.24. The van der Waals surface area contributed by atoms with Crippen LogP contribution in [0.15, 0.2) is 18.2 Å². The van der Waals surface area contributed by atoms with Gasteiger partial charge < -0.3 is 5.73 Å². The van der Waals surface area contributed by atoms with Gasteiger partial charge in [-0.2, -0.15) is 0 Å². The van der Waals surface area contributed by atoms with E-state index in [0.717, 1.165) is 19.3 Å². The quantitative estimate of drug-likeness (QED) is 0.815. The molecule has 3 heteroatoms. The van der Waals surface area contributed by atoms with Gasteiger partial charge in [-0.05, 0) is 55.5 Å². The smallest absolute Gasteiger partial charge is 0.163 e. The Morgan fingerprint density at radius 3 is 2.65 bits per heavy atom. The van der Waals surface area contributed by atoms with Crippen LogP contribution in [0.5, 0.6) is 0 Å². The summed E-state index contributed by atoms with van der Waals surface area (Å²) in [4.78, 5) is 12.1. The van der Waals surface area contributed by atoms with Gasteiger partial charge in [0.05, 0.1) is 0 Å². The zero-order valence-corrected chi connectivity index (χ0v) is 10.1. The van der Waals surface area contributed by atoms with Crippen LogP contribution in [0.1, 0.15) is 41.6 Å². The van der Waals surface area contributed by atoms with E-state index in [1.807, 2.05) is 0 Å². The van der Waals surface area contributed by atoms with Crippen molar-refractivity contribution in [2.75, 3.05) is 6.54 Å². The fraction of sp³-hybridized carbons (Fsp3) is 0.500. The Hall–Kier alpha value is -1.22. The Morgan fingerprint density at radius 1 is 1.47 bits per heavy atom. The number of ketones is 1. The van der Waals surface area contributed by atoms with Crippen molar-refractivity contribution in [3.8, 4) is 0 Å². The number of rotatable bonds is 4. The molecule has 0 saturated heterocycles. The monoisotopic (exact) mass is 235 g/mol. The maximum Gasteiger partial charge on any atom is 0.163 e. The number of carbonyl (C=O) groups is 1. The first-order chi connectivity index (χ1) is 8.06. The van der Waals surface area contributed by atoms with Crippen LogP contribution in [0.25, 0.3) is 0 Å². The largest absolute Gasteiger partial charge is 0.330 e. The number of halogens is 1. The van der Waals surface area contributed by atoms with Crippen LogP contribution < -0.4 is 5.73 Å². The van der Waals surface area contributed by atoms with Crippen LogP contribution >= 0.6 is 0 Å². The molecule has 0 radical (unpaired) electrons. The summed E-state index contributed by atoms with van der Waals surface area (Å²) in [5, 5.41) is 0. The van der Waals surface area contributed by atoms with Gasteiger partial charge in [0.15, 0.2) is 5.78 Å². The third kappa shape index (κ3) is 2.39. The molecule has 1 fully saturated rings. The molecule has 0 heterocycles. The van der Waals surface area contributed by atoms with Crippen molar-refractivity contribution in [3.05, 3.63) is 35.1 Å². The second-order valence-electron chi connectivity index (χ2n) is 5.12. The van der Waals surface area contributed by atoms with E-state index in [1.165, 1.54) is 6.07 Å². The van der Waals surface area contributed by atoms with Gasteiger partial charge in [0.25, 0.3) is 0 Å². The predicted octanol–water partition coefficient (Wildman–Crippen LogP) is 2.84. The molecule has 0 unspecified atom stereocenters. The van der Waals surface area contributed by atoms with Gasteiger partial charge in [0.2, 0.25) is 0 Å². The van der Waals surface area contributed by atoms with Gasteiger partial charge in [0, 0.05) is 12.0 Å². The highest BCUT2D eigenvalue weighted by Crippen LogP contribution is 2.43. The Kier molecular flexibility index (Phi) is 3.29. The Bertz CT molecular complexity index is 432. The molecule has 0 atom stereocenters. The number of Topliss-reactive ketones (excluding diaryl/α,β-unsaturated/α-hetero) is 1. The zero-order chi connectivity index (χ0) is 12.5. The molecule has 0 spiro atoms. The van der Waals surface area contributed by atoms with E-state index in [9.17, 15) is 9.18 Å². The number of carbonyl (C=O) groups excluding carboxylic acids is 1. The van der Waals surface area contributed by atoms with Gasteiger partial charge in [-0.25, -0.2) is 4.39 Å². The first kappa shape index (κ1) is 12.2. The van der Waals surface area contributed by atoms with Crippen molar-refractivity contribution in [2.24, 2.45) is 11.1 Å². The lowest BCUT2D eigenvalue weighted by molar-refractivity contribution is 0.0786. The van der Waals surface area contributed by atoms with Crippen LogP contribution in [-0.4, -0.2) is 12.3 Å². The first-order valence-electron chi connectivity index (χ1n) is 6.06. The minimum Gasteiger partial charge on any atom is -0.330 e. The summed E-state index contributed by atoms with van der Waals surface area (Å²) < 4.78 is 13.1. The van der Waals surface area contributed by atoms with E-state index in [1.54, 1.807) is 19.1 Å². The lowest BCUT2D eigenvalue weighted by Crippen LogP contribution is -2.39. The van der Waals surface area contributed by atoms with Gasteiger partial charge in [-0.3, -0.25) is 4.79 Å². The summed E-state index contributed by atoms with van der Waals surface area (Å²) in [6, 6.07) is 4.55. The maximum absolute atomic E-state index is 13.1. The van der Waals surface area contributed by atoms with Gasteiger partial charge in [-0.1, -0.05) is 6.42 Å². The molecule has 1 aromatic rings. The Morgan fingerprint density at radius 2 is 2.18 bits per heavy atom. The molecule has 0 aliphatic heterocycles. The predicted molar refractivity (Wildman–Crippen MR) is 65.4 cm³/mol. The fourth-order valence-corrected chi connectivity index (χ4v) is 2.39. The standard InChI is InChI=1S/C14H18FNO/c1-10-7-11(3-4-12(10)15)13(17)8-14(9-16)5-2-6-14/h3-4,7H,2,5-6,8-9,16H2,1H3. The van der Waals surface area contributed by atoms with Crippen LogP contribution in [-0.2, 0) is 0 Å². The molecule has 1 aromatic carbocycles. The van der Waals surface area contributed by atoms with Gasteiger partial charge in [-0.15, -0.1) is 0 Å². The second kappa shape index (κ2) is 4.57. The minimum absolute atomic E-state index is 0.0133. The molecule has 92 valence electrons. The molecular formula is C14H18FNO. The van der Waals surface area contributed by atoms with E-state index in [4.69, 9.17) is 5.73 Å². The lowest BCUT2D eigenvalue weighted by atomic mass is 9.65. The molecular weight excluding hydrogens is 217 g/mol. The number of benzene rings is 1. The fourth-order valence-electron chi connectivity index (χ4n) is 2.39. The summed E-state index contributed by atoms with van der Waals surface area (Å²) in [6.07, 6.45) is 3.73. The molecule has 1 aliphatic rings. The van der Waals surface area contributed by atoms with Crippen LogP contribution in [0.3, 0.4) is 0 Å². The zero-order valence-electron chi connectivity index (χ0n) is 10.1.